The molecule has 0 aliphatic rings. The molecule has 0 N–H and O–H groups in total. The van der Waals surface area contributed by atoms with Crippen molar-refractivity contribution in [1.29, 1.82) is 0 Å². The van der Waals surface area contributed by atoms with Crippen LogP contribution in [0, 0.1) is 0 Å². The first-order valence-electron chi connectivity index (χ1n) is 6.76. The maximum Gasteiger partial charge on any atom is 0.253 e. The molecule has 0 radical (unpaired) electrons. The van der Waals surface area contributed by atoms with Crippen LogP contribution in [0.25, 0.3) is 11.3 Å². The number of thioether (sulfide) groups is 1. The normalized spacial score (nSPS) is 12.0. The van der Waals surface area contributed by atoms with E-state index in [2.05, 4.69) is 16.9 Å². The first-order chi connectivity index (χ1) is 10.1. The van der Waals surface area contributed by atoms with Crippen molar-refractivity contribution in [3.63, 3.8) is 0 Å². The summed E-state index contributed by atoms with van der Waals surface area (Å²) < 4.78 is 0. The van der Waals surface area contributed by atoms with Crippen LogP contribution in [0.3, 0.4) is 0 Å². The Kier molecular flexibility index (Phi) is 5.33. The molecule has 0 saturated carbocycles. The van der Waals surface area contributed by atoms with Gasteiger partial charge in [0.1, 0.15) is 0 Å². The molecule has 1 amide bonds. The molecular formula is C16H19N3OS. The monoisotopic (exact) mass is 301 g/mol. The Morgan fingerprint density at radius 2 is 2.00 bits per heavy atom. The summed E-state index contributed by atoms with van der Waals surface area (Å²) in [5, 5.41) is 0. The molecule has 2 aromatic rings. The van der Waals surface area contributed by atoms with E-state index < -0.39 is 0 Å². The predicted molar refractivity (Wildman–Crippen MR) is 87.4 cm³/mol. The van der Waals surface area contributed by atoms with Crippen molar-refractivity contribution in [3.05, 3.63) is 48.4 Å². The summed E-state index contributed by atoms with van der Waals surface area (Å²) in [6.45, 7) is 2.06. The van der Waals surface area contributed by atoms with Crippen LogP contribution >= 0.6 is 11.8 Å². The molecule has 1 heterocycles. The molecule has 1 aromatic heterocycles. The maximum atomic E-state index is 12.4. The highest BCUT2D eigenvalue weighted by atomic mass is 32.2. The lowest BCUT2D eigenvalue weighted by molar-refractivity contribution is 0.0757. The topological polar surface area (TPSA) is 46.1 Å². The van der Waals surface area contributed by atoms with E-state index >= 15 is 0 Å². The van der Waals surface area contributed by atoms with Gasteiger partial charge in [-0.3, -0.25) is 14.8 Å². The van der Waals surface area contributed by atoms with Crippen LogP contribution in [0.1, 0.15) is 17.3 Å². The van der Waals surface area contributed by atoms with E-state index in [0.29, 0.717) is 5.56 Å². The van der Waals surface area contributed by atoms with Crippen molar-refractivity contribution in [2.45, 2.75) is 13.0 Å². The highest BCUT2D eigenvalue weighted by Crippen LogP contribution is 2.17. The zero-order valence-electron chi connectivity index (χ0n) is 12.5. The largest absolute Gasteiger partial charge is 0.338 e. The lowest BCUT2D eigenvalue weighted by Crippen LogP contribution is -2.36. The molecule has 2 rings (SSSR count). The number of amides is 1. The molecule has 0 bridgehead atoms. The number of aromatic nitrogens is 2. The summed E-state index contributed by atoms with van der Waals surface area (Å²) >= 11 is 1.74. The molecule has 0 saturated heterocycles. The fraction of sp³-hybridized carbons (Fsp3) is 0.312. The lowest BCUT2D eigenvalue weighted by Gasteiger charge is -2.24. The summed E-state index contributed by atoms with van der Waals surface area (Å²) in [7, 11) is 1.85. The van der Waals surface area contributed by atoms with E-state index in [4.69, 9.17) is 0 Å². The molecule has 1 aromatic carbocycles. The van der Waals surface area contributed by atoms with Crippen LogP contribution in [0.4, 0.5) is 0 Å². The maximum absolute atomic E-state index is 12.4. The molecule has 0 aliphatic heterocycles. The standard InChI is InChI=1S/C16H19N3OS/c1-12(11-21-3)19(2)16(20)14-6-4-13(5-7-14)15-10-17-8-9-18-15/h4-10,12H,11H2,1-3H3/t12-/m0/s1. The average molecular weight is 301 g/mol. The molecule has 0 unspecified atom stereocenters. The zero-order valence-corrected chi connectivity index (χ0v) is 13.3. The van der Waals surface area contributed by atoms with E-state index in [-0.39, 0.29) is 11.9 Å². The zero-order chi connectivity index (χ0) is 15.2. The Balaban J connectivity index is 2.14. The highest BCUT2D eigenvalue weighted by molar-refractivity contribution is 7.98. The number of hydrogen-bond acceptors (Lipinski definition) is 4. The third kappa shape index (κ3) is 3.82. The summed E-state index contributed by atoms with van der Waals surface area (Å²) in [5.41, 5.74) is 2.46. The lowest BCUT2D eigenvalue weighted by atomic mass is 10.1. The third-order valence-corrected chi connectivity index (χ3v) is 4.20. The number of rotatable bonds is 5. The molecule has 0 aliphatic carbocycles. The van der Waals surface area contributed by atoms with Gasteiger partial charge in [0.2, 0.25) is 0 Å². The van der Waals surface area contributed by atoms with Crippen molar-refractivity contribution >= 4 is 17.7 Å². The highest BCUT2D eigenvalue weighted by Gasteiger charge is 2.17. The minimum absolute atomic E-state index is 0.0437. The van der Waals surface area contributed by atoms with Crippen LogP contribution in [-0.4, -0.2) is 45.9 Å². The van der Waals surface area contributed by atoms with Gasteiger partial charge in [0.15, 0.2) is 0 Å². The number of carbonyl (C=O) groups is 1. The smallest absolute Gasteiger partial charge is 0.253 e. The van der Waals surface area contributed by atoms with Gasteiger partial charge in [-0.25, -0.2) is 0 Å². The SMILES string of the molecule is CSC[C@H](C)N(C)C(=O)c1ccc(-c2cnccn2)cc1. The van der Waals surface area contributed by atoms with Gasteiger partial charge in [-0.2, -0.15) is 11.8 Å². The van der Waals surface area contributed by atoms with Gasteiger partial charge in [-0.1, -0.05) is 12.1 Å². The second kappa shape index (κ2) is 7.22. The Morgan fingerprint density at radius 1 is 1.29 bits per heavy atom. The Labute approximate surface area is 129 Å². The molecule has 4 nitrogen and oxygen atoms in total. The van der Waals surface area contributed by atoms with Gasteiger partial charge in [-0.05, 0) is 25.3 Å². The van der Waals surface area contributed by atoms with Gasteiger partial charge < -0.3 is 4.90 Å². The van der Waals surface area contributed by atoms with Gasteiger partial charge in [0.05, 0.1) is 11.9 Å². The van der Waals surface area contributed by atoms with E-state index in [1.807, 2.05) is 37.6 Å². The number of hydrogen-bond donors (Lipinski definition) is 0. The third-order valence-electron chi connectivity index (χ3n) is 3.38. The fourth-order valence-electron chi connectivity index (χ4n) is 1.99. The Bertz CT molecular complexity index is 586. The Hall–Kier alpha value is -1.88. The van der Waals surface area contributed by atoms with Crippen molar-refractivity contribution in [2.75, 3.05) is 19.1 Å². The van der Waals surface area contributed by atoms with Gasteiger partial charge in [0.25, 0.3) is 5.91 Å². The second-order valence-electron chi connectivity index (χ2n) is 4.89. The quantitative estimate of drug-likeness (QED) is 0.852. The van der Waals surface area contributed by atoms with Gasteiger partial charge in [-0.15, -0.1) is 0 Å². The van der Waals surface area contributed by atoms with Crippen LogP contribution in [0.2, 0.25) is 0 Å². The van der Waals surface area contributed by atoms with Crippen LogP contribution in [0.5, 0.6) is 0 Å². The fourth-order valence-corrected chi connectivity index (χ4v) is 2.69. The molecule has 1 atom stereocenters. The first kappa shape index (κ1) is 15.5. The molecule has 5 heteroatoms. The van der Waals surface area contributed by atoms with Gasteiger partial charge in [0, 0.05) is 42.4 Å². The van der Waals surface area contributed by atoms with Crippen molar-refractivity contribution in [1.82, 2.24) is 14.9 Å². The molecule has 0 spiro atoms. The predicted octanol–water partition coefficient (Wildman–Crippen LogP) is 2.97. The van der Waals surface area contributed by atoms with Crippen LogP contribution < -0.4 is 0 Å². The second-order valence-corrected chi connectivity index (χ2v) is 5.80. The first-order valence-corrected chi connectivity index (χ1v) is 8.15. The minimum atomic E-state index is 0.0437. The summed E-state index contributed by atoms with van der Waals surface area (Å²) in [4.78, 5) is 22.5. The average Bonchev–Trinajstić information content (AvgIpc) is 2.54. The van der Waals surface area contributed by atoms with Crippen LogP contribution in [-0.2, 0) is 0 Å². The van der Waals surface area contributed by atoms with E-state index in [9.17, 15) is 4.79 Å². The minimum Gasteiger partial charge on any atom is -0.338 e. The number of carbonyl (C=O) groups excluding carboxylic acids is 1. The Morgan fingerprint density at radius 3 is 2.57 bits per heavy atom. The molecule has 0 fully saturated rings. The van der Waals surface area contributed by atoms with E-state index in [1.54, 1.807) is 35.3 Å². The van der Waals surface area contributed by atoms with Crippen molar-refractivity contribution < 1.29 is 4.79 Å². The summed E-state index contributed by atoms with van der Waals surface area (Å²) in [5.74, 6) is 0.974. The van der Waals surface area contributed by atoms with Crippen LogP contribution in [0.15, 0.2) is 42.9 Å². The number of nitrogens with zero attached hydrogens (tertiary/aromatic N) is 3. The molecule has 21 heavy (non-hydrogen) atoms. The van der Waals surface area contributed by atoms with E-state index in [1.165, 1.54) is 0 Å². The molecule has 110 valence electrons. The van der Waals surface area contributed by atoms with Crippen molar-refractivity contribution in [2.24, 2.45) is 0 Å². The van der Waals surface area contributed by atoms with E-state index in [0.717, 1.165) is 17.0 Å². The summed E-state index contributed by atoms with van der Waals surface area (Å²) in [6, 6.07) is 7.71. The molecular weight excluding hydrogens is 282 g/mol. The van der Waals surface area contributed by atoms with Crippen molar-refractivity contribution in [3.8, 4) is 11.3 Å². The van der Waals surface area contributed by atoms with Gasteiger partial charge >= 0.3 is 0 Å². The summed E-state index contributed by atoms with van der Waals surface area (Å²) in [6.07, 6.45) is 7.06. The number of benzene rings is 1.